The van der Waals surface area contributed by atoms with Crippen molar-refractivity contribution in [3.8, 4) is 0 Å². The van der Waals surface area contributed by atoms with Crippen molar-refractivity contribution < 1.29 is 8.42 Å². The molecule has 0 spiro atoms. The monoisotopic (exact) mass is 426 g/mol. The zero-order valence-electron chi connectivity index (χ0n) is 18.2. The van der Waals surface area contributed by atoms with Gasteiger partial charge in [0.05, 0.1) is 22.5 Å². The quantitative estimate of drug-likeness (QED) is 0.642. The van der Waals surface area contributed by atoms with Gasteiger partial charge in [-0.15, -0.1) is 0 Å². The summed E-state index contributed by atoms with van der Waals surface area (Å²) in [6.45, 7) is 9.48. The molecule has 0 unspecified atom stereocenters. The van der Waals surface area contributed by atoms with Gasteiger partial charge in [-0.2, -0.15) is 4.31 Å². The summed E-state index contributed by atoms with van der Waals surface area (Å²) in [6, 6.07) is 15.4. The van der Waals surface area contributed by atoms with Crippen molar-refractivity contribution in [1.29, 1.82) is 0 Å². The molecule has 3 aromatic rings. The molecule has 0 saturated carbocycles. The first-order valence-corrected chi connectivity index (χ1v) is 11.8. The zero-order valence-corrected chi connectivity index (χ0v) is 19.0. The van der Waals surface area contributed by atoms with Gasteiger partial charge in [0.15, 0.2) is 0 Å². The van der Waals surface area contributed by atoms with E-state index in [4.69, 9.17) is 4.98 Å². The second-order valence-corrected chi connectivity index (χ2v) is 11.0. The Morgan fingerprint density at radius 2 is 1.57 bits per heavy atom. The van der Waals surface area contributed by atoms with Crippen molar-refractivity contribution in [3.05, 3.63) is 59.9 Å². The highest BCUT2D eigenvalue weighted by molar-refractivity contribution is 7.89. The van der Waals surface area contributed by atoms with Gasteiger partial charge in [-0.1, -0.05) is 45.0 Å². The van der Waals surface area contributed by atoms with Crippen LogP contribution in [0.15, 0.2) is 53.4 Å². The Kier molecular flexibility index (Phi) is 5.46. The van der Waals surface area contributed by atoms with Crippen LogP contribution in [0.5, 0.6) is 0 Å². The SMILES string of the molecule is Cn1c(CN2CCN(S(=O)(=O)c3ccc(C(C)(C)C)cc3)CC2)nc2ccccc21. The molecule has 160 valence electrons. The Morgan fingerprint density at radius 1 is 0.933 bits per heavy atom. The van der Waals surface area contributed by atoms with Crippen LogP contribution in [0.4, 0.5) is 0 Å². The van der Waals surface area contributed by atoms with Gasteiger partial charge >= 0.3 is 0 Å². The molecule has 1 aliphatic rings. The number of aryl methyl sites for hydroxylation is 1. The summed E-state index contributed by atoms with van der Waals surface area (Å²) in [5, 5.41) is 0. The fourth-order valence-electron chi connectivity index (χ4n) is 3.94. The number of fused-ring (bicyclic) bond motifs is 1. The van der Waals surface area contributed by atoms with E-state index in [1.165, 1.54) is 0 Å². The molecule has 7 heteroatoms. The Hall–Kier alpha value is -2.22. The second kappa shape index (κ2) is 7.80. The summed E-state index contributed by atoms with van der Waals surface area (Å²) in [7, 11) is -1.43. The molecule has 0 amide bonds. The lowest BCUT2D eigenvalue weighted by Gasteiger charge is -2.33. The number of nitrogens with zero attached hydrogens (tertiary/aromatic N) is 4. The molecule has 1 saturated heterocycles. The number of para-hydroxylation sites is 2. The van der Waals surface area contributed by atoms with Gasteiger partial charge in [-0.3, -0.25) is 4.90 Å². The second-order valence-electron chi connectivity index (χ2n) is 9.03. The third kappa shape index (κ3) is 4.02. The van der Waals surface area contributed by atoms with E-state index in [1.54, 1.807) is 16.4 Å². The van der Waals surface area contributed by atoms with Gasteiger partial charge in [-0.05, 0) is 35.2 Å². The molecular weight excluding hydrogens is 396 g/mol. The molecule has 2 aromatic carbocycles. The predicted molar refractivity (Wildman–Crippen MR) is 120 cm³/mol. The fourth-order valence-corrected chi connectivity index (χ4v) is 5.36. The van der Waals surface area contributed by atoms with Crippen molar-refractivity contribution in [3.63, 3.8) is 0 Å². The highest BCUT2D eigenvalue weighted by atomic mass is 32.2. The molecule has 0 atom stereocenters. The minimum Gasteiger partial charge on any atom is -0.330 e. The topological polar surface area (TPSA) is 58.4 Å². The molecule has 1 fully saturated rings. The van der Waals surface area contributed by atoms with Crippen LogP contribution in [-0.2, 0) is 29.0 Å². The third-order valence-electron chi connectivity index (χ3n) is 5.93. The molecule has 0 N–H and O–H groups in total. The molecule has 30 heavy (non-hydrogen) atoms. The number of hydrogen-bond acceptors (Lipinski definition) is 4. The number of piperazine rings is 1. The van der Waals surface area contributed by atoms with E-state index in [1.807, 2.05) is 37.4 Å². The van der Waals surface area contributed by atoms with E-state index in [-0.39, 0.29) is 5.41 Å². The fraction of sp³-hybridized carbons (Fsp3) is 0.435. The largest absolute Gasteiger partial charge is 0.330 e. The van der Waals surface area contributed by atoms with Crippen molar-refractivity contribution in [2.75, 3.05) is 26.2 Å². The van der Waals surface area contributed by atoms with Gasteiger partial charge in [0.2, 0.25) is 10.0 Å². The summed E-state index contributed by atoms with van der Waals surface area (Å²) in [4.78, 5) is 7.39. The highest BCUT2D eigenvalue weighted by Gasteiger charge is 2.29. The zero-order chi connectivity index (χ0) is 21.5. The summed E-state index contributed by atoms with van der Waals surface area (Å²) >= 11 is 0. The van der Waals surface area contributed by atoms with Crippen LogP contribution in [0.3, 0.4) is 0 Å². The number of aromatic nitrogens is 2. The number of hydrogen-bond donors (Lipinski definition) is 0. The standard InChI is InChI=1S/C23H30N4O2S/c1-23(2,3)18-9-11-19(12-10-18)30(28,29)27-15-13-26(14-16-27)17-22-24-20-7-5-6-8-21(20)25(22)4/h5-12H,13-17H2,1-4H3. The first kappa shape index (κ1) is 21.0. The van der Waals surface area contributed by atoms with Gasteiger partial charge in [-0.25, -0.2) is 13.4 Å². The van der Waals surface area contributed by atoms with E-state index in [0.29, 0.717) is 31.1 Å². The number of imidazole rings is 1. The summed E-state index contributed by atoms with van der Waals surface area (Å²) in [6.07, 6.45) is 0. The molecule has 4 rings (SSSR count). The van der Waals surface area contributed by atoms with Crippen molar-refractivity contribution in [2.24, 2.45) is 7.05 Å². The Morgan fingerprint density at radius 3 is 2.17 bits per heavy atom. The third-order valence-corrected chi connectivity index (χ3v) is 7.85. The van der Waals surface area contributed by atoms with Crippen LogP contribution in [0.1, 0.15) is 32.2 Å². The smallest absolute Gasteiger partial charge is 0.243 e. The van der Waals surface area contributed by atoms with E-state index in [9.17, 15) is 8.42 Å². The van der Waals surface area contributed by atoms with E-state index < -0.39 is 10.0 Å². The molecular formula is C23H30N4O2S. The predicted octanol–water partition coefficient (Wildman–Crippen LogP) is 3.38. The molecule has 6 nitrogen and oxygen atoms in total. The molecule has 0 aliphatic carbocycles. The van der Waals surface area contributed by atoms with Crippen molar-refractivity contribution in [1.82, 2.24) is 18.8 Å². The van der Waals surface area contributed by atoms with Crippen molar-refractivity contribution in [2.45, 2.75) is 37.6 Å². The Labute approximate surface area is 179 Å². The molecule has 1 aromatic heterocycles. The maximum absolute atomic E-state index is 13.1. The van der Waals surface area contributed by atoms with Crippen LogP contribution in [-0.4, -0.2) is 53.4 Å². The summed E-state index contributed by atoms with van der Waals surface area (Å²) < 4.78 is 29.9. The van der Waals surface area contributed by atoms with Crippen LogP contribution < -0.4 is 0 Å². The van der Waals surface area contributed by atoms with Gasteiger partial charge < -0.3 is 4.57 Å². The average Bonchev–Trinajstić information content (AvgIpc) is 3.03. The Bertz CT molecular complexity index is 1140. The van der Waals surface area contributed by atoms with E-state index in [2.05, 4.69) is 36.3 Å². The first-order chi connectivity index (χ1) is 14.2. The first-order valence-electron chi connectivity index (χ1n) is 10.4. The van der Waals surface area contributed by atoms with Crippen LogP contribution in [0.25, 0.3) is 11.0 Å². The average molecular weight is 427 g/mol. The minimum absolute atomic E-state index is 0.00367. The summed E-state index contributed by atoms with van der Waals surface area (Å²) in [5.74, 6) is 1.00. The lowest BCUT2D eigenvalue weighted by atomic mass is 9.87. The number of rotatable bonds is 4. The lowest BCUT2D eigenvalue weighted by Crippen LogP contribution is -2.48. The lowest BCUT2D eigenvalue weighted by molar-refractivity contribution is 0.177. The normalized spacial score (nSPS) is 16.9. The highest BCUT2D eigenvalue weighted by Crippen LogP contribution is 2.25. The molecule has 2 heterocycles. The van der Waals surface area contributed by atoms with Crippen molar-refractivity contribution >= 4 is 21.1 Å². The maximum atomic E-state index is 13.1. The molecule has 0 bridgehead atoms. The van der Waals surface area contributed by atoms with E-state index >= 15 is 0 Å². The number of benzene rings is 2. The van der Waals surface area contributed by atoms with Crippen LogP contribution >= 0.6 is 0 Å². The van der Waals surface area contributed by atoms with Gasteiger partial charge in [0.1, 0.15) is 5.82 Å². The maximum Gasteiger partial charge on any atom is 0.243 e. The van der Waals surface area contributed by atoms with E-state index in [0.717, 1.165) is 29.0 Å². The summed E-state index contributed by atoms with van der Waals surface area (Å²) in [5.41, 5.74) is 3.25. The van der Waals surface area contributed by atoms with Gasteiger partial charge in [0.25, 0.3) is 0 Å². The molecule has 0 radical (unpaired) electrons. The van der Waals surface area contributed by atoms with Crippen LogP contribution in [0, 0.1) is 0 Å². The minimum atomic E-state index is -3.46. The molecule has 1 aliphatic heterocycles. The van der Waals surface area contributed by atoms with Gasteiger partial charge in [0, 0.05) is 33.2 Å². The van der Waals surface area contributed by atoms with Crippen LogP contribution in [0.2, 0.25) is 0 Å². The Balaban J connectivity index is 1.42. The number of sulfonamides is 1.